The first-order valence-electron chi connectivity index (χ1n) is 7.23. The van der Waals surface area contributed by atoms with Gasteiger partial charge in [0.1, 0.15) is 0 Å². The summed E-state index contributed by atoms with van der Waals surface area (Å²) < 4.78 is 1.66. The highest BCUT2D eigenvalue weighted by Crippen LogP contribution is 2.31. The number of aromatic nitrogens is 1. The van der Waals surface area contributed by atoms with Crippen LogP contribution in [0.15, 0.2) is 60.7 Å². The number of hydrogen-bond acceptors (Lipinski definition) is 2. The van der Waals surface area contributed by atoms with E-state index < -0.39 is 0 Å². The number of rotatable bonds is 3. The third kappa shape index (κ3) is 1.92. The number of carbonyl (C=O) groups is 2. The van der Waals surface area contributed by atoms with E-state index in [0.717, 1.165) is 16.6 Å². The van der Waals surface area contributed by atoms with E-state index in [-0.39, 0.29) is 24.3 Å². The van der Waals surface area contributed by atoms with Crippen LogP contribution in [0.3, 0.4) is 0 Å². The Morgan fingerprint density at radius 3 is 2.59 bits per heavy atom. The Morgan fingerprint density at radius 2 is 1.77 bits per heavy atom. The second-order valence-corrected chi connectivity index (χ2v) is 5.46. The van der Waals surface area contributed by atoms with Gasteiger partial charge in [0.25, 0.3) is 0 Å². The van der Waals surface area contributed by atoms with Crippen LogP contribution in [0.5, 0.6) is 0 Å². The normalized spacial score (nSPS) is 16.5. The summed E-state index contributed by atoms with van der Waals surface area (Å²) >= 11 is 0. The molecular formula is C18H14N2O2. The van der Waals surface area contributed by atoms with Crippen LogP contribution >= 0.6 is 0 Å². The first-order valence-corrected chi connectivity index (χ1v) is 7.23. The van der Waals surface area contributed by atoms with Gasteiger partial charge in [-0.3, -0.25) is 9.36 Å². The van der Waals surface area contributed by atoms with E-state index in [1.807, 2.05) is 48.5 Å². The number of amides is 1. The highest BCUT2D eigenvalue weighted by atomic mass is 16.2. The van der Waals surface area contributed by atoms with E-state index in [9.17, 15) is 9.59 Å². The Kier molecular flexibility index (Phi) is 2.82. The summed E-state index contributed by atoms with van der Waals surface area (Å²) in [6, 6.07) is 18.5. The molecular weight excluding hydrogens is 276 g/mol. The van der Waals surface area contributed by atoms with Gasteiger partial charge < -0.3 is 5.32 Å². The molecule has 0 radical (unpaired) electrons. The maximum Gasteiger partial charge on any atom is 0.326 e. The molecule has 0 fully saturated rings. The number of nitrogens with one attached hydrogen (secondary N) is 1. The quantitative estimate of drug-likeness (QED) is 0.750. The molecule has 2 heterocycles. The number of hydrogen-bond donors (Lipinski definition) is 1. The van der Waals surface area contributed by atoms with Gasteiger partial charge in [-0.25, -0.2) is 4.79 Å². The molecule has 1 aliphatic heterocycles. The molecule has 0 saturated heterocycles. The Labute approximate surface area is 127 Å². The van der Waals surface area contributed by atoms with Gasteiger partial charge in [0.05, 0.1) is 17.3 Å². The van der Waals surface area contributed by atoms with Crippen LogP contribution in [0.1, 0.15) is 28.5 Å². The van der Waals surface area contributed by atoms with Crippen LogP contribution in [-0.4, -0.2) is 16.4 Å². The minimum atomic E-state index is -0.271. The van der Waals surface area contributed by atoms with Gasteiger partial charge in [0, 0.05) is 17.4 Å². The Balaban J connectivity index is 1.69. The molecule has 4 heteroatoms. The SMILES string of the molecule is O=C(C[C@H]1NC(=O)n2c1cc1ccccc12)c1ccccc1. The van der Waals surface area contributed by atoms with Crippen molar-refractivity contribution in [1.82, 2.24) is 9.88 Å². The van der Waals surface area contributed by atoms with E-state index in [1.165, 1.54) is 0 Å². The predicted octanol–water partition coefficient (Wildman–Crippen LogP) is 3.53. The topological polar surface area (TPSA) is 51.1 Å². The second kappa shape index (κ2) is 4.84. The standard InChI is InChI=1S/C18H14N2O2/c21-17(12-6-2-1-3-7-12)11-14-16-10-13-8-4-5-9-15(13)20(16)18(22)19-14/h1-10,14H,11H2,(H,19,22)/t14-/m1/s1. The largest absolute Gasteiger partial charge is 0.329 e. The van der Waals surface area contributed by atoms with E-state index in [1.54, 1.807) is 16.7 Å². The van der Waals surface area contributed by atoms with Gasteiger partial charge in [-0.05, 0) is 12.1 Å². The van der Waals surface area contributed by atoms with Crippen molar-refractivity contribution in [3.63, 3.8) is 0 Å². The lowest BCUT2D eigenvalue weighted by Crippen LogP contribution is -2.23. The van der Waals surface area contributed by atoms with E-state index in [0.29, 0.717) is 5.56 Å². The van der Waals surface area contributed by atoms with Gasteiger partial charge in [-0.15, -0.1) is 0 Å². The molecule has 0 aliphatic carbocycles. The maximum atomic E-state index is 12.4. The molecule has 0 bridgehead atoms. The number of para-hydroxylation sites is 1. The summed E-state index contributed by atoms with van der Waals surface area (Å²) in [5.41, 5.74) is 2.41. The zero-order valence-electron chi connectivity index (χ0n) is 11.8. The van der Waals surface area contributed by atoms with Crippen molar-refractivity contribution >= 4 is 22.7 Å². The Bertz CT molecular complexity index is 880. The summed E-state index contributed by atoms with van der Waals surface area (Å²) in [5, 5.41) is 3.91. The molecule has 0 unspecified atom stereocenters. The molecule has 1 atom stereocenters. The van der Waals surface area contributed by atoms with Crippen molar-refractivity contribution in [2.24, 2.45) is 0 Å². The Hall–Kier alpha value is -2.88. The summed E-state index contributed by atoms with van der Waals surface area (Å²) in [7, 11) is 0. The molecule has 1 aromatic heterocycles. The average Bonchev–Trinajstić information content (AvgIpc) is 3.07. The van der Waals surface area contributed by atoms with Gasteiger partial charge in [0.15, 0.2) is 5.78 Å². The Morgan fingerprint density at radius 1 is 1.05 bits per heavy atom. The molecule has 0 spiro atoms. The van der Waals surface area contributed by atoms with Crippen molar-refractivity contribution in [1.29, 1.82) is 0 Å². The number of carbonyl (C=O) groups excluding carboxylic acids is 2. The lowest BCUT2D eigenvalue weighted by molar-refractivity contribution is 0.0972. The van der Waals surface area contributed by atoms with Gasteiger partial charge >= 0.3 is 6.03 Å². The van der Waals surface area contributed by atoms with Crippen molar-refractivity contribution < 1.29 is 9.59 Å². The number of nitrogens with zero attached hydrogens (tertiary/aromatic N) is 1. The molecule has 2 aromatic carbocycles. The minimum Gasteiger partial charge on any atom is -0.329 e. The monoisotopic (exact) mass is 290 g/mol. The second-order valence-electron chi connectivity index (χ2n) is 5.46. The molecule has 4 rings (SSSR count). The van der Waals surface area contributed by atoms with Crippen molar-refractivity contribution in [3.05, 3.63) is 71.9 Å². The molecule has 22 heavy (non-hydrogen) atoms. The van der Waals surface area contributed by atoms with Gasteiger partial charge in [-0.1, -0.05) is 48.5 Å². The van der Waals surface area contributed by atoms with Crippen LogP contribution in [0.25, 0.3) is 10.9 Å². The van der Waals surface area contributed by atoms with E-state index >= 15 is 0 Å². The first kappa shape index (κ1) is 12.8. The van der Waals surface area contributed by atoms with Crippen LogP contribution in [0.4, 0.5) is 4.79 Å². The minimum absolute atomic E-state index is 0.0320. The van der Waals surface area contributed by atoms with Crippen molar-refractivity contribution in [2.75, 3.05) is 0 Å². The fraction of sp³-hybridized carbons (Fsp3) is 0.111. The molecule has 4 nitrogen and oxygen atoms in total. The summed E-state index contributed by atoms with van der Waals surface area (Å²) in [4.78, 5) is 24.6. The smallest absolute Gasteiger partial charge is 0.326 e. The third-order valence-electron chi connectivity index (χ3n) is 4.08. The molecule has 108 valence electrons. The average molecular weight is 290 g/mol. The van der Waals surface area contributed by atoms with Gasteiger partial charge in [-0.2, -0.15) is 0 Å². The zero-order valence-corrected chi connectivity index (χ0v) is 11.8. The van der Waals surface area contributed by atoms with Crippen molar-refractivity contribution in [3.8, 4) is 0 Å². The van der Waals surface area contributed by atoms with Crippen molar-refractivity contribution in [2.45, 2.75) is 12.5 Å². The molecule has 1 amide bonds. The maximum absolute atomic E-state index is 12.4. The van der Waals surface area contributed by atoms with E-state index in [4.69, 9.17) is 0 Å². The van der Waals surface area contributed by atoms with Crippen LogP contribution in [-0.2, 0) is 0 Å². The summed E-state index contributed by atoms with van der Waals surface area (Å²) in [6.07, 6.45) is 0.270. The summed E-state index contributed by atoms with van der Waals surface area (Å²) in [6.45, 7) is 0. The zero-order chi connectivity index (χ0) is 15.1. The molecule has 3 aromatic rings. The lowest BCUT2D eigenvalue weighted by Gasteiger charge is -2.08. The number of fused-ring (bicyclic) bond motifs is 3. The number of ketones is 1. The van der Waals surface area contributed by atoms with Gasteiger partial charge in [0.2, 0.25) is 0 Å². The number of benzene rings is 2. The highest BCUT2D eigenvalue weighted by molar-refractivity contribution is 5.99. The first-order chi connectivity index (χ1) is 10.7. The fourth-order valence-corrected chi connectivity index (χ4v) is 3.03. The number of Topliss-reactive ketones (excluding diaryl/α,β-unsaturated/α-hetero) is 1. The van der Waals surface area contributed by atoms with Crippen LogP contribution in [0, 0.1) is 0 Å². The predicted molar refractivity (Wildman–Crippen MR) is 84.0 cm³/mol. The van der Waals surface area contributed by atoms with Crippen LogP contribution in [0.2, 0.25) is 0 Å². The highest BCUT2D eigenvalue weighted by Gasteiger charge is 2.31. The third-order valence-corrected chi connectivity index (χ3v) is 4.08. The lowest BCUT2D eigenvalue weighted by atomic mass is 10.0. The van der Waals surface area contributed by atoms with Crippen LogP contribution < -0.4 is 5.32 Å². The molecule has 1 aliphatic rings. The fourth-order valence-electron chi connectivity index (χ4n) is 3.03. The summed E-state index contributed by atoms with van der Waals surface area (Å²) in [5.74, 6) is 0.0320. The van der Waals surface area contributed by atoms with E-state index in [2.05, 4.69) is 5.32 Å². The molecule has 1 N–H and O–H groups in total. The molecule has 0 saturated carbocycles.